The van der Waals surface area contributed by atoms with E-state index in [0.29, 0.717) is 11.2 Å². The SMILES string of the molecule is CC1(O)CCC(Nc2cc(Cl)ncc2-c2cc(NCCN3CCOCC3)ccn2)CC1. The van der Waals surface area contributed by atoms with Crippen molar-refractivity contribution < 1.29 is 9.84 Å². The lowest BCUT2D eigenvalue weighted by Crippen LogP contribution is -2.39. The van der Waals surface area contributed by atoms with Crippen LogP contribution in [0.1, 0.15) is 32.6 Å². The maximum Gasteiger partial charge on any atom is 0.131 e. The van der Waals surface area contributed by atoms with Crippen LogP contribution in [-0.4, -0.2) is 71.0 Å². The van der Waals surface area contributed by atoms with Crippen LogP contribution in [0.2, 0.25) is 5.15 Å². The molecule has 2 aromatic rings. The number of rotatable bonds is 7. The van der Waals surface area contributed by atoms with Crippen LogP contribution in [0.4, 0.5) is 11.4 Å². The van der Waals surface area contributed by atoms with Crippen molar-refractivity contribution in [2.45, 2.75) is 44.2 Å². The van der Waals surface area contributed by atoms with Crippen molar-refractivity contribution in [1.29, 1.82) is 0 Å². The van der Waals surface area contributed by atoms with E-state index in [2.05, 4.69) is 31.6 Å². The molecule has 0 atom stereocenters. The summed E-state index contributed by atoms with van der Waals surface area (Å²) >= 11 is 6.20. The molecule has 4 rings (SSSR count). The van der Waals surface area contributed by atoms with Crippen LogP contribution in [0.15, 0.2) is 30.6 Å². The molecular formula is C23H32ClN5O2. The highest BCUT2D eigenvalue weighted by atomic mass is 35.5. The summed E-state index contributed by atoms with van der Waals surface area (Å²) in [5.74, 6) is 0. The van der Waals surface area contributed by atoms with Crippen LogP contribution in [0.3, 0.4) is 0 Å². The van der Waals surface area contributed by atoms with Crippen molar-refractivity contribution in [1.82, 2.24) is 14.9 Å². The van der Waals surface area contributed by atoms with Gasteiger partial charge in [-0.25, -0.2) is 4.98 Å². The predicted molar refractivity (Wildman–Crippen MR) is 125 cm³/mol. The monoisotopic (exact) mass is 445 g/mol. The van der Waals surface area contributed by atoms with E-state index in [1.54, 1.807) is 6.20 Å². The Kier molecular flexibility index (Phi) is 7.27. The Bertz CT molecular complexity index is 863. The summed E-state index contributed by atoms with van der Waals surface area (Å²) in [6.45, 7) is 7.39. The molecule has 0 radical (unpaired) electrons. The van der Waals surface area contributed by atoms with Crippen molar-refractivity contribution in [3.8, 4) is 11.3 Å². The number of aromatic nitrogens is 2. The van der Waals surface area contributed by atoms with E-state index in [1.165, 1.54) is 0 Å². The third kappa shape index (κ3) is 6.29. The van der Waals surface area contributed by atoms with Gasteiger partial charge < -0.3 is 20.5 Å². The van der Waals surface area contributed by atoms with Crippen LogP contribution in [-0.2, 0) is 4.74 Å². The first-order valence-electron chi connectivity index (χ1n) is 11.1. The number of halogens is 1. The number of hydrogen-bond acceptors (Lipinski definition) is 7. The molecule has 0 aromatic carbocycles. The molecule has 0 amide bonds. The average molecular weight is 446 g/mol. The molecule has 2 aromatic heterocycles. The second kappa shape index (κ2) is 10.1. The van der Waals surface area contributed by atoms with Crippen molar-refractivity contribution >= 4 is 23.0 Å². The molecule has 8 heteroatoms. The first-order valence-corrected chi connectivity index (χ1v) is 11.5. The summed E-state index contributed by atoms with van der Waals surface area (Å²) in [6, 6.07) is 6.21. The van der Waals surface area contributed by atoms with Crippen molar-refractivity contribution in [2.75, 3.05) is 50.0 Å². The average Bonchev–Trinajstić information content (AvgIpc) is 2.76. The summed E-state index contributed by atoms with van der Waals surface area (Å²) in [6.07, 6.45) is 7.03. The lowest BCUT2D eigenvalue weighted by molar-refractivity contribution is 0.0196. The van der Waals surface area contributed by atoms with E-state index < -0.39 is 5.60 Å². The van der Waals surface area contributed by atoms with E-state index >= 15 is 0 Å². The summed E-state index contributed by atoms with van der Waals surface area (Å²) in [4.78, 5) is 11.3. The lowest BCUT2D eigenvalue weighted by Gasteiger charge is -2.34. The standard InChI is InChI=1S/C23H32ClN5O2/c1-23(30)5-2-17(3-6-23)28-21-15-22(24)27-16-19(21)20-14-18(4-7-26-20)25-8-9-29-10-12-31-13-11-29/h4,7,14-17,30H,2-3,5-6,8-13H2,1H3,(H,25,26)(H,27,28). The second-order valence-corrected chi connectivity index (χ2v) is 9.17. The first kappa shape index (κ1) is 22.3. The Labute approximate surface area is 189 Å². The lowest BCUT2D eigenvalue weighted by atomic mass is 9.83. The first-order chi connectivity index (χ1) is 15.0. The smallest absolute Gasteiger partial charge is 0.131 e. The summed E-state index contributed by atoms with van der Waals surface area (Å²) in [5.41, 5.74) is 3.20. The fourth-order valence-corrected chi connectivity index (χ4v) is 4.39. The molecular weight excluding hydrogens is 414 g/mol. The van der Waals surface area contributed by atoms with Crippen LogP contribution in [0, 0.1) is 0 Å². The number of nitrogens with one attached hydrogen (secondary N) is 2. The number of pyridine rings is 2. The van der Waals surface area contributed by atoms with Gasteiger partial charge in [0.1, 0.15) is 5.15 Å². The van der Waals surface area contributed by atoms with Gasteiger partial charge in [0.2, 0.25) is 0 Å². The van der Waals surface area contributed by atoms with Crippen LogP contribution >= 0.6 is 11.6 Å². The van der Waals surface area contributed by atoms with Gasteiger partial charge in [-0.1, -0.05) is 11.6 Å². The van der Waals surface area contributed by atoms with Gasteiger partial charge in [0.15, 0.2) is 0 Å². The highest BCUT2D eigenvalue weighted by Crippen LogP contribution is 2.34. The number of nitrogens with zero attached hydrogens (tertiary/aromatic N) is 3. The third-order valence-electron chi connectivity index (χ3n) is 6.19. The molecule has 7 nitrogen and oxygen atoms in total. The third-order valence-corrected chi connectivity index (χ3v) is 6.40. The highest BCUT2D eigenvalue weighted by molar-refractivity contribution is 6.29. The number of aliphatic hydroxyl groups is 1. The second-order valence-electron chi connectivity index (χ2n) is 8.78. The molecule has 1 aliphatic heterocycles. The van der Waals surface area contributed by atoms with Crippen LogP contribution < -0.4 is 10.6 Å². The minimum Gasteiger partial charge on any atom is -0.390 e. The Balaban J connectivity index is 1.43. The zero-order valence-corrected chi connectivity index (χ0v) is 18.9. The zero-order chi connectivity index (χ0) is 21.7. The fourth-order valence-electron chi connectivity index (χ4n) is 4.23. The van der Waals surface area contributed by atoms with Crippen LogP contribution in [0.25, 0.3) is 11.3 Å². The van der Waals surface area contributed by atoms with Gasteiger partial charge in [-0.05, 0) is 50.8 Å². The van der Waals surface area contributed by atoms with E-state index in [9.17, 15) is 5.11 Å². The molecule has 0 unspecified atom stereocenters. The molecule has 1 saturated heterocycles. The molecule has 3 N–H and O–H groups in total. The predicted octanol–water partition coefficient (Wildman–Crippen LogP) is 3.65. The molecule has 0 bridgehead atoms. The maximum absolute atomic E-state index is 10.2. The fraction of sp³-hybridized carbons (Fsp3) is 0.565. The number of hydrogen-bond donors (Lipinski definition) is 3. The van der Waals surface area contributed by atoms with Gasteiger partial charge in [0.05, 0.1) is 24.5 Å². The number of morpholine rings is 1. The van der Waals surface area contributed by atoms with Gasteiger partial charge in [-0.2, -0.15) is 0 Å². The van der Waals surface area contributed by atoms with Gasteiger partial charge in [-0.15, -0.1) is 0 Å². The Hall–Kier alpha value is -1.93. The van der Waals surface area contributed by atoms with E-state index in [0.717, 1.165) is 87.7 Å². The molecule has 1 aliphatic carbocycles. The molecule has 168 valence electrons. The van der Waals surface area contributed by atoms with Crippen molar-refractivity contribution in [2.24, 2.45) is 0 Å². The van der Waals surface area contributed by atoms with Gasteiger partial charge in [0, 0.05) is 61.6 Å². The van der Waals surface area contributed by atoms with Crippen molar-refractivity contribution in [3.63, 3.8) is 0 Å². The number of ether oxygens (including phenoxy) is 1. The molecule has 31 heavy (non-hydrogen) atoms. The van der Waals surface area contributed by atoms with Gasteiger partial charge in [0.25, 0.3) is 0 Å². The Morgan fingerprint density at radius 3 is 2.77 bits per heavy atom. The minimum absolute atomic E-state index is 0.298. The molecule has 3 heterocycles. The zero-order valence-electron chi connectivity index (χ0n) is 18.1. The topological polar surface area (TPSA) is 82.5 Å². The molecule has 2 fully saturated rings. The van der Waals surface area contributed by atoms with E-state index in [4.69, 9.17) is 16.3 Å². The Morgan fingerprint density at radius 2 is 2.00 bits per heavy atom. The van der Waals surface area contributed by atoms with Gasteiger partial charge in [-0.3, -0.25) is 9.88 Å². The van der Waals surface area contributed by atoms with Crippen LogP contribution in [0.5, 0.6) is 0 Å². The normalized spacial score (nSPS) is 24.7. The summed E-state index contributed by atoms with van der Waals surface area (Å²) < 4.78 is 5.41. The Morgan fingerprint density at radius 1 is 1.23 bits per heavy atom. The largest absolute Gasteiger partial charge is 0.390 e. The summed E-state index contributed by atoms with van der Waals surface area (Å²) in [7, 11) is 0. The van der Waals surface area contributed by atoms with E-state index in [1.807, 2.05) is 25.3 Å². The van der Waals surface area contributed by atoms with Crippen molar-refractivity contribution in [3.05, 3.63) is 35.7 Å². The number of anilines is 2. The minimum atomic E-state index is -0.556. The summed E-state index contributed by atoms with van der Waals surface area (Å²) in [5, 5.41) is 17.8. The van der Waals surface area contributed by atoms with E-state index in [-0.39, 0.29) is 0 Å². The molecule has 1 saturated carbocycles. The maximum atomic E-state index is 10.2. The molecule has 2 aliphatic rings. The highest BCUT2D eigenvalue weighted by Gasteiger charge is 2.29. The quantitative estimate of drug-likeness (QED) is 0.561. The molecule has 0 spiro atoms. The van der Waals surface area contributed by atoms with Gasteiger partial charge >= 0.3 is 0 Å².